The zero-order valence-electron chi connectivity index (χ0n) is 7.87. The fraction of sp³-hybridized carbons (Fsp3) is 0.333. The number of nitrogens with two attached hydrogens (primary N) is 1. The van der Waals surface area contributed by atoms with Gasteiger partial charge in [-0.3, -0.25) is 5.32 Å². The molecule has 1 aromatic rings. The summed E-state index contributed by atoms with van der Waals surface area (Å²) in [7, 11) is 0. The molecule has 0 unspecified atom stereocenters. The Balaban J connectivity index is 2.46. The predicted octanol–water partition coefficient (Wildman–Crippen LogP) is 1.43. The quantitative estimate of drug-likeness (QED) is 0.712. The van der Waals surface area contributed by atoms with Crippen molar-refractivity contribution in [3.63, 3.8) is 0 Å². The number of urea groups is 1. The zero-order valence-corrected chi connectivity index (χ0v) is 8.69. The Kier molecular flexibility index (Phi) is 2.36. The van der Waals surface area contributed by atoms with Crippen LogP contribution < -0.4 is 11.1 Å². The van der Waals surface area contributed by atoms with Gasteiger partial charge < -0.3 is 10.8 Å². The molecule has 0 aliphatic heterocycles. The minimum atomic E-state index is -1.00. The molecule has 1 aliphatic rings. The molecule has 0 radical (unpaired) electrons. The number of hydrogen-bond donors (Lipinski definition) is 3. The third-order valence-electron chi connectivity index (χ3n) is 2.37. The number of fused-ring (bicyclic) bond motifs is 1. The molecule has 4 N–H and O–H groups in total. The lowest BCUT2D eigenvalue weighted by atomic mass is 10.1. The molecule has 0 saturated carbocycles. The van der Waals surface area contributed by atoms with Crippen LogP contribution in [0.3, 0.4) is 0 Å². The largest absolute Gasteiger partial charge is 0.478 e. The van der Waals surface area contributed by atoms with Gasteiger partial charge in [0.1, 0.15) is 5.00 Å². The van der Waals surface area contributed by atoms with Crippen LogP contribution in [0.1, 0.15) is 27.2 Å². The molecule has 0 saturated heterocycles. The highest BCUT2D eigenvalue weighted by Gasteiger charge is 2.26. The lowest BCUT2D eigenvalue weighted by molar-refractivity contribution is 0.0697. The fourth-order valence-electron chi connectivity index (χ4n) is 1.83. The number of anilines is 1. The first kappa shape index (κ1) is 9.97. The number of nitrogens with one attached hydrogen (secondary N) is 1. The SMILES string of the molecule is NC(=O)Nc1sc2c(c1C(=O)O)CCC2. The van der Waals surface area contributed by atoms with Gasteiger partial charge in [-0.25, -0.2) is 9.59 Å². The maximum atomic E-state index is 11.0. The van der Waals surface area contributed by atoms with Gasteiger partial charge in [0.25, 0.3) is 0 Å². The van der Waals surface area contributed by atoms with E-state index in [4.69, 9.17) is 10.8 Å². The number of primary amides is 1. The summed E-state index contributed by atoms with van der Waals surface area (Å²) in [6.45, 7) is 0. The van der Waals surface area contributed by atoms with Gasteiger partial charge >= 0.3 is 12.0 Å². The molecule has 2 amide bonds. The number of aromatic carboxylic acids is 1. The van der Waals surface area contributed by atoms with Crippen molar-refractivity contribution in [2.45, 2.75) is 19.3 Å². The molecule has 2 rings (SSSR count). The van der Waals surface area contributed by atoms with E-state index in [2.05, 4.69) is 5.32 Å². The van der Waals surface area contributed by atoms with Gasteiger partial charge in [-0.05, 0) is 24.8 Å². The van der Waals surface area contributed by atoms with E-state index in [-0.39, 0.29) is 5.56 Å². The minimum absolute atomic E-state index is 0.214. The van der Waals surface area contributed by atoms with E-state index in [9.17, 15) is 9.59 Å². The van der Waals surface area contributed by atoms with Crippen LogP contribution in [0, 0.1) is 0 Å². The Morgan fingerprint density at radius 1 is 1.40 bits per heavy atom. The van der Waals surface area contributed by atoms with E-state index in [1.807, 2.05) is 0 Å². The second-order valence-corrected chi connectivity index (χ2v) is 4.46. The molecule has 80 valence electrons. The van der Waals surface area contributed by atoms with Crippen molar-refractivity contribution in [1.29, 1.82) is 0 Å². The maximum absolute atomic E-state index is 11.0. The summed E-state index contributed by atoms with van der Waals surface area (Å²) >= 11 is 1.31. The van der Waals surface area contributed by atoms with Crippen molar-refractivity contribution in [3.8, 4) is 0 Å². The molecular formula is C9H10N2O3S. The molecule has 0 spiro atoms. The monoisotopic (exact) mass is 226 g/mol. The summed E-state index contributed by atoms with van der Waals surface area (Å²) in [6.07, 6.45) is 2.65. The molecule has 15 heavy (non-hydrogen) atoms. The predicted molar refractivity (Wildman–Crippen MR) is 56.5 cm³/mol. The Hall–Kier alpha value is -1.56. The van der Waals surface area contributed by atoms with Gasteiger partial charge in [-0.1, -0.05) is 0 Å². The lowest BCUT2D eigenvalue weighted by Crippen LogP contribution is -2.20. The first-order valence-corrected chi connectivity index (χ1v) is 5.35. The molecule has 0 fully saturated rings. The number of aryl methyl sites for hydroxylation is 1. The van der Waals surface area contributed by atoms with Crippen LogP contribution in [-0.4, -0.2) is 17.1 Å². The van der Waals surface area contributed by atoms with Crippen LogP contribution in [0.15, 0.2) is 0 Å². The number of amides is 2. The molecule has 0 bridgehead atoms. The number of carbonyl (C=O) groups is 2. The number of carbonyl (C=O) groups excluding carboxylic acids is 1. The highest BCUT2D eigenvalue weighted by Crippen LogP contribution is 2.38. The Bertz CT molecular complexity index is 439. The summed E-state index contributed by atoms with van der Waals surface area (Å²) in [6, 6.07) is -0.725. The summed E-state index contributed by atoms with van der Waals surface area (Å²) in [5, 5.41) is 11.8. The number of hydrogen-bond acceptors (Lipinski definition) is 3. The van der Waals surface area contributed by atoms with Gasteiger partial charge in [0.05, 0.1) is 5.56 Å². The van der Waals surface area contributed by atoms with Crippen molar-refractivity contribution in [3.05, 3.63) is 16.0 Å². The van der Waals surface area contributed by atoms with Crippen molar-refractivity contribution in [2.75, 3.05) is 5.32 Å². The second kappa shape index (κ2) is 3.54. The first-order valence-electron chi connectivity index (χ1n) is 4.54. The molecule has 5 nitrogen and oxygen atoms in total. The van der Waals surface area contributed by atoms with Gasteiger partial charge in [0, 0.05) is 4.88 Å². The van der Waals surface area contributed by atoms with E-state index < -0.39 is 12.0 Å². The van der Waals surface area contributed by atoms with Crippen LogP contribution in [0.4, 0.5) is 9.80 Å². The summed E-state index contributed by atoms with van der Waals surface area (Å²) in [5.74, 6) is -1.00. The normalized spacial score (nSPS) is 13.6. The molecule has 1 aliphatic carbocycles. The number of thiophene rings is 1. The van der Waals surface area contributed by atoms with Gasteiger partial charge in [0.2, 0.25) is 0 Å². The molecule has 0 aromatic carbocycles. The van der Waals surface area contributed by atoms with Crippen LogP contribution in [0.25, 0.3) is 0 Å². The smallest absolute Gasteiger partial charge is 0.339 e. The van der Waals surface area contributed by atoms with Crippen molar-refractivity contribution >= 4 is 28.3 Å². The third-order valence-corrected chi connectivity index (χ3v) is 3.58. The topological polar surface area (TPSA) is 92.4 Å². The lowest BCUT2D eigenvalue weighted by Gasteiger charge is -2.01. The molecule has 6 heteroatoms. The summed E-state index contributed by atoms with van der Waals surface area (Å²) in [4.78, 5) is 22.8. The number of carboxylic acids is 1. The summed E-state index contributed by atoms with van der Waals surface area (Å²) in [5.41, 5.74) is 6.05. The Morgan fingerprint density at radius 2 is 2.13 bits per heavy atom. The van der Waals surface area contributed by atoms with E-state index in [1.54, 1.807) is 0 Å². The van der Waals surface area contributed by atoms with Gasteiger partial charge in [0.15, 0.2) is 0 Å². The number of carboxylic acid groups (broad SMARTS) is 1. The molecule has 0 atom stereocenters. The minimum Gasteiger partial charge on any atom is -0.478 e. The standard InChI is InChI=1S/C9H10N2O3S/c10-9(14)11-7-6(8(12)13)4-2-1-3-5(4)15-7/h1-3H2,(H,12,13)(H3,10,11,14). The zero-order chi connectivity index (χ0) is 11.0. The maximum Gasteiger partial charge on any atom is 0.339 e. The van der Waals surface area contributed by atoms with E-state index in [1.165, 1.54) is 11.3 Å². The van der Waals surface area contributed by atoms with Crippen LogP contribution in [0.2, 0.25) is 0 Å². The third kappa shape index (κ3) is 1.68. The Morgan fingerprint density at radius 3 is 2.73 bits per heavy atom. The van der Waals surface area contributed by atoms with Crippen LogP contribution in [0.5, 0.6) is 0 Å². The van der Waals surface area contributed by atoms with Crippen LogP contribution in [-0.2, 0) is 12.8 Å². The van der Waals surface area contributed by atoms with Crippen molar-refractivity contribution in [1.82, 2.24) is 0 Å². The fourth-order valence-corrected chi connectivity index (χ4v) is 3.11. The molecule has 1 aromatic heterocycles. The molecular weight excluding hydrogens is 216 g/mol. The molecule has 1 heterocycles. The van der Waals surface area contributed by atoms with Gasteiger partial charge in [-0.2, -0.15) is 0 Å². The highest BCUT2D eigenvalue weighted by atomic mass is 32.1. The highest BCUT2D eigenvalue weighted by molar-refractivity contribution is 7.17. The van der Waals surface area contributed by atoms with E-state index in [0.29, 0.717) is 5.00 Å². The van der Waals surface area contributed by atoms with E-state index in [0.717, 1.165) is 29.7 Å². The average Bonchev–Trinajstić information content (AvgIpc) is 2.60. The van der Waals surface area contributed by atoms with Crippen molar-refractivity contribution < 1.29 is 14.7 Å². The van der Waals surface area contributed by atoms with Gasteiger partial charge in [-0.15, -0.1) is 11.3 Å². The Labute approximate surface area is 89.9 Å². The average molecular weight is 226 g/mol. The second-order valence-electron chi connectivity index (χ2n) is 3.36. The summed E-state index contributed by atoms with van der Waals surface area (Å²) < 4.78 is 0. The first-order chi connectivity index (χ1) is 7.09. The van der Waals surface area contributed by atoms with Crippen LogP contribution >= 0.6 is 11.3 Å². The van der Waals surface area contributed by atoms with Crippen molar-refractivity contribution in [2.24, 2.45) is 5.73 Å². The van der Waals surface area contributed by atoms with E-state index >= 15 is 0 Å². The number of rotatable bonds is 2.